The number of aromatic nitrogens is 1. The van der Waals surface area contributed by atoms with Gasteiger partial charge in [0.1, 0.15) is 0 Å². The van der Waals surface area contributed by atoms with Crippen LogP contribution in [0.5, 0.6) is 0 Å². The van der Waals surface area contributed by atoms with Crippen LogP contribution in [-0.4, -0.2) is 48.1 Å². The molecule has 1 saturated heterocycles. The van der Waals surface area contributed by atoms with E-state index in [9.17, 15) is 13.2 Å². The Kier molecular flexibility index (Phi) is 6.78. The van der Waals surface area contributed by atoms with E-state index < -0.39 is 10.0 Å². The van der Waals surface area contributed by atoms with Crippen molar-refractivity contribution >= 4 is 32.4 Å². The number of nitrogens with zero attached hydrogens (tertiary/aromatic N) is 3. The first-order chi connectivity index (χ1) is 16.5. The summed E-state index contributed by atoms with van der Waals surface area (Å²) in [4.78, 5) is 19.9. The Morgan fingerprint density at radius 3 is 2.47 bits per heavy atom. The maximum absolute atomic E-state index is 12.8. The lowest BCUT2D eigenvalue weighted by Crippen LogP contribution is -2.35. The summed E-state index contributed by atoms with van der Waals surface area (Å²) in [6, 6.07) is 14.7. The third-order valence-corrected chi connectivity index (χ3v) is 9.16. The van der Waals surface area contributed by atoms with Crippen LogP contribution in [0.15, 0.2) is 58.8 Å². The fourth-order valence-corrected chi connectivity index (χ4v) is 6.77. The zero-order valence-electron chi connectivity index (χ0n) is 18.9. The van der Waals surface area contributed by atoms with Gasteiger partial charge in [-0.3, -0.25) is 15.0 Å². The number of carbonyl (C=O) groups is 1. The molecule has 9 heteroatoms. The second kappa shape index (κ2) is 9.95. The lowest BCUT2D eigenvalue weighted by molar-refractivity contribution is 0.102. The van der Waals surface area contributed by atoms with E-state index in [4.69, 9.17) is 0 Å². The molecule has 2 aromatic carbocycles. The molecule has 0 atom stereocenters. The summed E-state index contributed by atoms with van der Waals surface area (Å²) >= 11 is 1.40. The third kappa shape index (κ3) is 5.07. The lowest BCUT2D eigenvalue weighted by Gasteiger charge is -2.27. The molecular weight excluding hydrogens is 468 g/mol. The molecule has 34 heavy (non-hydrogen) atoms. The molecule has 0 bridgehead atoms. The molecule has 1 fully saturated rings. The molecule has 5 rings (SSSR count). The van der Waals surface area contributed by atoms with Crippen LogP contribution in [0.4, 0.5) is 5.13 Å². The minimum absolute atomic E-state index is 0.227. The summed E-state index contributed by atoms with van der Waals surface area (Å²) < 4.78 is 27.1. The van der Waals surface area contributed by atoms with Crippen LogP contribution >= 0.6 is 11.3 Å². The highest BCUT2D eigenvalue weighted by Gasteiger charge is 2.26. The Bertz CT molecular complexity index is 1270. The monoisotopic (exact) mass is 496 g/mol. The second-order valence-electron chi connectivity index (χ2n) is 8.82. The minimum atomic E-state index is -3.51. The molecule has 0 unspecified atom stereocenters. The molecule has 2 aliphatic heterocycles. The van der Waals surface area contributed by atoms with Crippen molar-refractivity contribution in [3.05, 3.63) is 76.3 Å². The normalized spacial score (nSPS) is 17.3. The van der Waals surface area contributed by atoms with Crippen LogP contribution in [0.3, 0.4) is 0 Å². The number of amides is 1. The van der Waals surface area contributed by atoms with E-state index in [1.165, 1.54) is 38.9 Å². The number of piperidine rings is 1. The molecule has 1 amide bonds. The van der Waals surface area contributed by atoms with E-state index in [0.717, 1.165) is 51.0 Å². The van der Waals surface area contributed by atoms with Gasteiger partial charge in [0, 0.05) is 43.7 Å². The molecule has 3 heterocycles. The quantitative estimate of drug-likeness (QED) is 0.555. The molecule has 0 spiro atoms. The van der Waals surface area contributed by atoms with Crippen molar-refractivity contribution in [2.24, 2.45) is 0 Å². The number of anilines is 1. The number of nitrogens with one attached hydrogen (secondary N) is 1. The Morgan fingerprint density at radius 2 is 1.71 bits per heavy atom. The predicted octanol–water partition coefficient (Wildman–Crippen LogP) is 4.13. The van der Waals surface area contributed by atoms with E-state index in [-0.39, 0.29) is 10.8 Å². The van der Waals surface area contributed by atoms with Crippen LogP contribution in [0.25, 0.3) is 0 Å². The molecule has 178 valence electrons. The number of thiazole rings is 1. The summed E-state index contributed by atoms with van der Waals surface area (Å²) in [5, 5.41) is 5.36. The van der Waals surface area contributed by atoms with Gasteiger partial charge in [-0.25, -0.2) is 13.4 Å². The van der Waals surface area contributed by atoms with Crippen LogP contribution in [-0.2, 0) is 29.5 Å². The zero-order chi connectivity index (χ0) is 23.5. The minimum Gasteiger partial charge on any atom is -0.298 e. The van der Waals surface area contributed by atoms with Crippen molar-refractivity contribution in [2.75, 3.05) is 25.0 Å². The molecule has 0 radical (unpaired) electrons. The average molecular weight is 497 g/mol. The van der Waals surface area contributed by atoms with E-state index in [2.05, 4.69) is 39.5 Å². The molecule has 3 aromatic rings. The maximum atomic E-state index is 12.8. The standard InChI is InChI=1S/C25H28N4O3S2/c30-24(20-8-10-23(11-9-20)34(31,32)29-13-4-1-5-14-29)27-25-26-22(18-33-25)17-28-15-12-19-6-2-3-7-21(19)16-28/h2-3,6-11,18H,1,4-5,12-17H2,(H,26,27,30). The van der Waals surface area contributed by atoms with Gasteiger partial charge in [0.2, 0.25) is 10.0 Å². The van der Waals surface area contributed by atoms with Crippen LogP contribution in [0.1, 0.15) is 46.4 Å². The Hall–Kier alpha value is -2.59. The highest BCUT2D eigenvalue weighted by Crippen LogP contribution is 2.24. The van der Waals surface area contributed by atoms with E-state index >= 15 is 0 Å². The fraction of sp³-hybridized carbons (Fsp3) is 0.360. The largest absolute Gasteiger partial charge is 0.298 e. The number of benzene rings is 2. The molecule has 0 aliphatic carbocycles. The smallest absolute Gasteiger partial charge is 0.257 e. The number of carbonyl (C=O) groups excluding carboxylic acids is 1. The van der Waals surface area contributed by atoms with Crippen LogP contribution < -0.4 is 5.32 Å². The lowest BCUT2D eigenvalue weighted by atomic mass is 10.00. The summed E-state index contributed by atoms with van der Waals surface area (Å²) in [6.07, 6.45) is 3.88. The highest BCUT2D eigenvalue weighted by molar-refractivity contribution is 7.89. The van der Waals surface area contributed by atoms with Crippen molar-refractivity contribution in [1.82, 2.24) is 14.2 Å². The van der Waals surface area contributed by atoms with Gasteiger partial charge in [-0.15, -0.1) is 11.3 Å². The number of sulfonamides is 1. The SMILES string of the molecule is O=C(Nc1nc(CN2CCc3ccccc3C2)cs1)c1ccc(S(=O)(=O)N2CCCCC2)cc1. The van der Waals surface area contributed by atoms with Gasteiger partial charge in [-0.1, -0.05) is 30.7 Å². The van der Waals surface area contributed by atoms with E-state index in [1.54, 1.807) is 12.1 Å². The van der Waals surface area contributed by atoms with Gasteiger partial charge in [0.05, 0.1) is 10.6 Å². The van der Waals surface area contributed by atoms with Gasteiger partial charge < -0.3 is 0 Å². The van der Waals surface area contributed by atoms with E-state index in [0.29, 0.717) is 23.8 Å². The Labute approximate surface area is 204 Å². The molecular formula is C25H28N4O3S2. The number of hydrogen-bond donors (Lipinski definition) is 1. The van der Waals surface area contributed by atoms with Crippen molar-refractivity contribution in [2.45, 2.75) is 43.7 Å². The van der Waals surface area contributed by atoms with Crippen molar-refractivity contribution < 1.29 is 13.2 Å². The molecule has 1 aromatic heterocycles. The highest BCUT2D eigenvalue weighted by atomic mass is 32.2. The topological polar surface area (TPSA) is 82.6 Å². The van der Waals surface area contributed by atoms with Crippen LogP contribution in [0, 0.1) is 0 Å². The molecule has 2 aliphatic rings. The molecule has 7 nitrogen and oxygen atoms in total. The number of fused-ring (bicyclic) bond motifs is 1. The third-order valence-electron chi connectivity index (χ3n) is 6.44. The Morgan fingerprint density at radius 1 is 0.971 bits per heavy atom. The first kappa shape index (κ1) is 23.2. The summed E-state index contributed by atoms with van der Waals surface area (Å²) in [5.41, 5.74) is 4.12. The van der Waals surface area contributed by atoms with Gasteiger partial charge in [0.25, 0.3) is 5.91 Å². The van der Waals surface area contributed by atoms with Crippen molar-refractivity contribution in [1.29, 1.82) is 0 Å². The van der Waals surface area contributed by atoms with Gasteiger partial charge in [-0.05, 0) is 54.7 Å². The van der Waals surface area contributed by atoms with E-state index in [1.807, 2.05) is 5.38 Å². The van der Waals surface area contributed by atoms with Crippen molar-refractivity contribution in [3.63, 3.8) is 0 Å². The van der Waals surface area contributed by atoms with Crippen molar-refractivity contribution in [3.8, 4) is 0 Å². The summed E-state index contributed by atoms with van der Waals surface area (Å²) in [7, 11) is -3.51. The number of rotatable bonds is 6. The fourth-order valence-electron chi connectivity index (χ4n) is 4.56. The first-order valence-corrected chi connectivity index (χ1v) is 14.0. The predicted molar refractivity (Wildman–Crippen MR) is 133 cm³/mol. The van der Waals surface area contributed by atoms with Gasteiger partial charge in [0.15, 0.2) is 5.13 Å². The molecule has 0 saturated carbocycles. The Balaban J connectivity index is 1.19. The number of hydrogen-bond acceptors (Lipinski definition) is 6. The second-order valence-corrected chi connectivity index (χ2v) is 11.6. The van der Waals surface area contributed by atoms with Gasteiger partial charge >= 0.3 is 0 Å². The van der Waals surface area contributed by atoms with Crippen LogP contribution in [0.2, 0.25) is 0 Å². The first-order valence-electron chi connectivity index (χ1n) is 11.6. The average Bonchev–Trinajstić information content (AvgIpc) is 3.31. The van der Waals surface area contributed by atoms with Gasteiger partial charge in [-0.2, -0.15) is 4.31 Å². The molecule has 1 N–H and O–H groups in total. The zero-order valence-corrected chi connectivity index (χ0v) is 20.6. The maximum Gasteiger partial charge on any atom is 0.257 e. The summed E-state index contributed by atoms with van der Waals surface area (Å²) in [6.45, 7) is 3.75. The summed E-state index contributed by atoms with van der Waals surface area (Å²) in [5.74, 6) is -0.297.